The Balaban J connectivity index is 2.03. The molecule has 1 aromatic rings. The van der Waals surface area contributed by atoms with Crippen LogP contribution in [-0.2, 0) is 4.79 Å². The van der Waals surface area contributed by atoms with Gasteiger partial charge in [0, 0.05) is 18.8 Å². The average molecular weight is 275 g/mol. The van der Waals surface area contributed by atoms with Crippen LogP contribution in [-0.4, -0.2) is 30.9 Å². The molecule has 1 aliphatic carbocycles. The van der Waals surface area contributed by atoms with Gasteiger partial charge >= 0.3 is 0 Å². The summed E-state index contributed by atoms with van der Waals surface area (Å²) in [6, 6.07) is 5.37. The molecule has 0 spiro atoms. The Kier molecular flexibility index (Phi) is 4.27. The SMILES string of the molecule is CNc1ccc(C)cc1C(=O)NC(C)C(=O)NC1CC1. The van der Waals surface area contributed by atoms with Gasteiger partial charge < -0.3 is 16.0 Å². The van der Waals surface area contributed by atoms with E-state index in [1.807, 2.05) is 25.1 Å². The van der Waals surface area contributed by atoms with Crippen LogP contribution in [0.5, 0.6) is 0 Å². The quantitative estimate of drug-likeness (QED) is 0.761. The highest BCUT2D eigenvalue weighted by Gasteiger charge is 2.26. The molecule has 5 heteroatoms. The van der Waals surface area contributed by atoms with Gasteiger partial charge in [0.05, 0.1) is 5.56 Å². The molecule has 0 saturated heterocycles. The molecule has 1 atom stereocenters. The van der Waals surface area contributed by atoms with E-state index in [4.69, 9.17) is 0 Å². The summed E-state index contributed by atoms with van der Waals surface area (Å²) >= 11 is 0. The molecule has 3 N–H and O–H groups in total. The Morgan fingerprint density at radius 3 is 2.60 bits per heavy atom. The number of hydrogen-bond acceptors (Lipinski definition) is 3. The van der Waals surface area contributed by atoms with E-state index in [0.29, 0.717) is 11.6 Å². The van der Waals surface area contributed by atoms with E-state index in [0.717, 1.165) is 24.1 Å². The van der Waals surface area contributed by atoms with Crippen LogP contribution in [0.15, 0.2) is 18.2 Å². The van der Waals surface area contributed by atoms with E-state index >= 15 is 0 Å². The Morgan fingerprint density at radius 2 is 2.00 bits per heavy atom. The van der Waals surface area contributed by atoms with Crippen LogP contribution >= 0.6 is 0 Å². The minimum Gasteiger partial charge on any atom is -0.387 e. The summed E-state index contributed by atoms with van der Waals surface area (Å²) < 4.78 is 0. The van der Waals surface area contributed by atoms with Crippen molar-refractivity contribution in [3.63, 3.8) is 0 Å². The second kappa shape index (κ2) is 5.94. The van der Waals surface area contributed by atoms with Crippen molar-refractivity contribution in [3.8, 4) is 0 Å². The summed E-state index contributed by atoms with van der Waals surface area (Å²) in [7, 11) is 1.77. The number of carbonyl (C=O) groups excluding carboxylic acids is 2. The maximum Gasteiger partial charge on any atom is 0.254 e. The molecule has 0 aliphatic heterocycles. The number of benzene rings is 1. The van der Waals surface area contributed by atoms with Crippen LogP contribution in [0.4, 0.5) is 5.69 Å². The van der Waals surface area contributed by atoms with E-state index in [9.17, 15) is 9.59 Å². The fraction of sp³-hybridized carbons (Fsp3) is 0.467. The van der Waals surface area contributed by atoms with E-state index in [1.54, 1.807) is 14.0 Å². The predicted molar refractivity (Wildman–Crippen MR) is 78.8 cm³/mol. The number of hydrogen-bond donors (Lipinski definition) is 3. The molecule has 0 radical (unpaired) electrons. The summed E-state index contributed by atoms with van der Waals surface area (Å²) in [5.41, 5.74) is 2.31. The number of nitrogens with one attached hydrogen (secondary N) is 3. The zero-order valence-electron chi connectivity index (χ0n) is 12.1. The van der Waals surface area contributed by atoms with Gasteiger partial charge in [-0.15, -0.1) is 0 Å². The Hall–Kier alpha value is -2.04. The van der Waals surface area contributed by atoms with Gasteiger partial charge in [0.15, 0.2) is 0 Å². The first-order valence-electron chi connectivity index (χ1n) is 6.91. The first-order valence-corrected chi connectivity index (χ1v) is 6.91. The molecular formula is C15H21N3O2. The monoisotopic (exact) mass is 275 g/mol. The topological polar surface area (TPSA) is 70.2 Å². The van der Waals surface area contributed by atoms with Gasteiger partial charge in [-0.25, -0.2) is 0 Å². The third-order valence-corrected chi connectivity index (χ3v) is 3.35. The molecule has 1 aromatic carbocycles. The fourth-order valence-corrected chi connectivity index (χ4v) is 1.96. The van der Waals surface area contributed by atoms with Crippen molar-refractivity contribution < 1.29 is 9.59 Å². The molecule has 0 aromatic heterocycles. The Bertz CT molecular complexity index is 524. The molecule has 2 amide bonds. The van der Waals surface area contributed by atoms with Gasteiger partial charge in [-0.3, -0.25) is 9.59 Å². The van der Waals surface area contributed by atoms with Gasteiger partial charge in [-0.2, -0.15) is 0 Å². The van der Waals surface area contributed by atoms with Crippen LogP contribution in [0, 0.1) is 6.92 Å². The first-order chi connectivity index (χ1) is 9.51. The zero-order valence-corrected chi connectivity index (χ0v) is 12.1. The van der Waals surface area contributed by atoms with Crippen LogP contribution in [0.3, 0.4) is 0 Å². The molecule has 0 bridgehead atoms. The van der Waals surface area contributed by atoms with E-state index in [1.165, 1.54) is 0 Å². The van der Waals surface area contributed by atoms with Crippen LogP contribution in [0.1, 0.15) is 35.7 Å². The minimum absolute atomic E-state index is 0.125. The number of aryl methyl sites for hydroxylation is 1. The lowest BCUT2D eigenvalue weighted by Gasteiger charge is -2.16. The van der Waals surface area contributed by atoms with Crippen molar-refractivity contribution in [2.75, 3.05) is 12.4 Å². The number of carbonyl (C=O) groups is 2. The average Bonchev–Trinajstić information content (AvgIpc) is 3.22. The van der Waals surface area contributed by atoms with Crippen molar-refractivity contribution in [3.05, 3.63) is 29.3 Å². The van der Waals surface area contributed by atoms with Crippen molar-refractivity contribution >= 4 is 17.5 Å². The van der Waals surface area contributed by atoms with Crippen molar-refractivity contribution in [1.29, 1.82) is 0 Å². The van der Waals surface area contributed by atoms with Crippen LogP contribution in [0.25, 0.3) is 0 Å². The highest BCUT2D eigenvalue weighted by atomic mass is 16.2. The number of anilines is 1. The third-order valence-electron chi connectivity index (χ3n) is 3.35. The Morgan fingerprint density at radius 1 is 1.30 bits per heavy atom. The maximum atomic E-state index is 12.3. The predicted octanol–water partition coefficient (Wildman–Crippen LogP) is 1.43. The molecule has 1 unspecified atom stereocenters. The highest BCUT2D eigenvalue weighted by molar-refractivity contribution is 6.01. The van der Waals surface area contributed by atoms with Gasteiger partial charge in [-0.1, -0.05) is 11.6 Å². The molecule has 2 rings (SSSR count). The second-order valence-corrected chi connectivity index (χ2v) is 5.28. The van der Waals surface area contributed by atoms with E-state index in [-0.39, 0.29) is 11.8 Å². The molecule has 1 fully saturated rings. The number of rotatable bonds is 5. The summed E-state index contributed by atoms with van der Waals surface area (Å²) in [5, 5.41) is 8.61. The van der Waals surface area contributed by atoms with Gasteiger partial charge in [-0.05, 0) is 38.8 Å². The minimum atomic E-state index is -0.534. The second-order valence-electron chi connectivity index (χ2n) is 5.28. The molecule has 5 nitrogen and oxygen atoms in total. The molecule has 108 valence electrons. The standard InChI is InChI=1S/C15H21N3O2/c1-9-4-7-13(16-3)12(8-9)15(20)17-10(2)14(19)18-11-5-6-11/h4,7-8,10-11,16H,5-6H2,1-3H3,(H,17,20)(H,18,19). The van der Waals surface area contributed by atoms with Gasteiger partial charge in [0.2, 0.25) is 5.91 Å². The van der Waals surface area contributed by atoms with Crippen molar-refractivity contribution in [2.45, 2.75) is 38.8 Å². The van der Waals surface area contributed by atoms with Gasteiger partial charge in [0.1, 0.15) is 6.04 Å². The summed E-state index contributed by atoms with van der Waals surface area (Å²) in [4.78, 5) is 24.1. The van der Waals surface area contributed by atoms with E-state index in [2.05, 4.69) is 16.0 Å². The lowest BCUT2D eigenvalue weighted by atomic mass is 10.1. The first kappa shape index (κ1) is 14.4. The maximum absolute atomic E-state index is 12.3. The summed E-state index contributed by atoms with van der Waals surface area (Å²) in [5.74, 6) is -0.365. The molecule has 20 heavy (non-hydrogen) atoms. The summed E-state index contributed by atoms with van der Waals surface area (Å²) in [6.07, 6.45) is 2.07. The fourth-order valence-electron chi connectivity index (χ4n) is 1.96. The lowest BCUT2D eigenvalue weighted by Crippen LogP contribution is -2.45. The van der Waals surface area contributed by atoms with Gasteiger partial charge in [0.25, 0.3) is 5.91 Å². The zero-order chi connectivity index (χ0) is 14.7. The largest absolute Gasteiger partial charge is 0.387 e. The van der Waals surface area contributed by atoms with E-state index < -0.39 is 6.04 Å². The number of amides is 2. The van der Waals surface area contributed by atoms with Crippen LogP contribution < -0.4 is 16.0 Å². The molecule has 1 aliphatic rings. The highest BCUT2D eigenvalue weighted by Crippen LogP contribution is 2.19. The molecule has 0 heterocycles. The lowest BCUT2D eigenvalue weighted by molar-refractivity contribution is -0.122. The Labute approximate surface area is 119 Å². The van der Waals surface area contributed by atoms with Crippen LogP contribution in [0.2, 0.25) is 0 Å². The third kappa shape index (κ3) is 3.50. The van der Waals surface area contributed by atoms with Crippen molar-refractivity contribution in [2.24, 2.45) is 0 Å². The molecule has 1 saturated carbocycles. The smallest absolute Gasteiger partial charge is 0.254 e. The summed E-state index contributed by atoms with van der Waals surface area (Å²) in [6.45, 7) is 3.63. The molecular weight excluding hydrogens is 254 g/mol. The normalized spacial score (nSPS) is 15.3. The van der Waals surface area contributed by atoms with Crippen molar-refractivity contribution in [1.82, 2.24) is 10.6 Å².